The summed E-state index contributed by atoms with van der Waals surface area (Å²) >= 11 is 6.10. The van der Waals surface area contributed by atoms with Crippen LogP contribution in [0.25, 0.3) is 11.2 Å². The summed E-state index contributed by atoms with van der Waals surface area (Å²) in [5, 5.41) is 54.8. The number of halogens is 1. The van der Waals surface area contributed by atoms with Crippen LogP contribution in [0.2, 0.25) is 5.28 Å². The maximum atomic E-state index is 12.2. The third-order valence-electron chi connectivity index (χ3n) is 6.57. The van der Waals surface area contributed by atoms with Crippen LogP contribution in [0.15, 0.2) is 36.7 Å². The SMILES string of the molecule is C#C[C@@]1(O)[C@@H](COC(Cc2ccccc2)(C(=O)O)C(=O)O)O[C@@H](n2cnc3c(NCC(C)(C)O)nc(Cl)nc32)[C@@H]1O. The van der Waals surface area contributed by atoms with Gasteiger partial charge in [-0.1, -0.05) is 36.3 Å². The van der Waals surface area contributed by atoms with Crippen LogP contribution < -0.4 is 5.32 Å². The molecule has 0 spiro atoms. The standard InChI is InChI=1S/C26H28ClN5O9/c1-4-25(39)15(11-40-26(21(34)35,22(36)37)10-14-8-6-5-7-9-14)41-20(17(25)33)32-13-29-16-18(28-12-24(2,3)38)30-23(27)31-19(16)32/h1,5-9,13,15,17,20,33,38-39H,10-12H2,2-3H3,(H,34,35)(H,36,37)(H,28,30,31)/t15-,17+,20-,25-/m1/s1. The Morgan fingerprint density at radius 3 is 2.49 bits per heavy atom. The highest BCUT2D eigenvalue weighted by atomic mass is 35.5. The number of aliphatic hydroxyl groups is 3. The third-order valence-corrected chi connectivity index (χ3v) is 6.74. The van der Waals surface area contributed by atoms with Crippen LogP contribution in [0.5, 0.6) is 0 Å². The Balaban J connectivity index is 1.65. The van der Waals surface area contributed by atoms with Crippen LogP contribution in [0.1, 0.15) is 25.6 Å². The molecule has 1 saturated heterocycles. The summed E-state index contributed by atoms with van der Waals surface area (Å²) in [5.74, 6) is -1.34. The van der Waals surface area contributed by atoms with Gasteiger partial charge in [0.2, 0.25) is 5.28 Å². The lowest BCUT2D eigenvalue weighted by molar-refractivity contribution is -0.191. The van der Waals surface area contributed by atoms with Crippen molar-refractivity contribution in [2.45, 2.75) is 55.5 Å². The number of aliphatic carboxylic acids is 2. The average molecular weight is 590 g/mol. The molecule has 6 N–H and O–H groups in total. The molecule has 4 atom stereocenters. The zero-order chi connectivity index (χ0) is 30.2. The van der Waals surface area contributed by atoms with Gasteiger partial charge in [0.1, 0.15) is 12.2 Å². The van der Waals surface area contributed by atoms with E-state index in [-0.39, 0.29) is 28.8 Å². The van der Waals surface area contributed by atoms with Gasteiger partial charge in [0.25, 0.3) is 5.60 Å². The maximum absolute atomic E-state index is 12.2. The number of hydrogen-bond acceptors (Lipinski definition) is 11. The highest BCUT2D eigenvalue weighted by molar-refractivity contribution is 6.28. The number of ether oxygens (including phenoxy) is 2. The van der Waals surface area contributed by atoms with Gasteiger partial charge in [-0.3, -0.25) is 4.57 Å². The van der Waals surface area contributed by atoms with Crippen molar-refractivity contribution in [3.05, 3.63) is 47.5 Å². The van der Waals surface area contributed by atoms with Crippen molar-refractivity contribution in [1.29, 1.82) is 0 Å². The summed E-state index contributed by atoms with van der Waals surface area (Å²) in [4.78, 5) is 36.8. The van der Waals surface area contributed by atoms with Gasteiger partial charge in [-0.25, -0.2) is 14.6 Å². The number of carboxylic acid groups (broad SMARTS) is 2. The molecule has 0 amide bonds. The first-order valence-corrected chi connectivity index (χ1v) is 12.6. The first-order chi connectivity index (χ1) is 19.2. The van der Waals surface area contributed by atoms with Crippen molar-refractivity contribution in [3.63, 3.8) is 0 Å². The lowest BCUT2D eigenvalue weighted by Gasteiger charge is -2.30. The van der Waals surface area contributed by atoms with E-state index in [1.54, 1.807) is 32.0 Å². The Morgan fingerprint density at radius 1 is 1.24 bits per heavy atom. The fourth-order valence-corrected chi connectivity index (χ4v) is 4.50. The fourth-order valence-electron chi connectivity index (χ4n) is 4.33. The molecule has 1 aliphatic rings. The monoisotopic (exact) mass is 589 g/mol. The Labute approximate surface area is 238 Å². The molecule has 0 aliphatic carbocycles. The molecular weight excluding hydrogens is 562 g/mol. The van der Waals surface area contributed by atoms with E-state index in [9.17, 15) is 35.1 Å². The van der Waals surface area contributed by atoms with Crippen molar-refractivity contribution in [3.8, 4) is 12.3 Å². The second-order valence-electron chi connectivity index (χ2n) is 10.2. The number of rotatable bonds is 11. The minimum atomic E-state index is -2.76. The second-order valence-corrected chi connectivity index (χ2v) is 10.5. The van der Waals surface area contributed by atoms with E-state index < -0.39 is 60.2 Å². The number of aromatic nitrogens is 4. The molecule has 1 aliphatic heterocycles. The summed E-state index contributed by atoms with van der Waals surface area (Å²) in [6.45, 7) is 2.42. The Bertz CT molecular complexity index is 1470. The van der Waals surface area contributed by atoms with Gasteiger partial charge in [0, 0.05) is 13.0 Å². The number of terminal acetylenes is 1. The predicted molar refractivity (Wildman–Crippen MR) is 143 cm³/mol. The molecule has 41 heavy (non-hydrogen) atoms. The quantitative estimate of drug-likeness (QED) is 0.102. The first kappa shape index (κ1) is 30.1. The normalized spacial score (nSPS) is 22.9. The number of benzene rings is 1. The summed E-state index contributed by atoms with van der Waals surface area (Å²) in [6, 6.07) is 7.97. The predicted octanol–water partition coefficient (Wildman–Crippen LogP) is 0.452. The van der Waals surface area contributed by atoms with E-state index in [0.29, 0.717) is 5.56 Å². The lowest BCUT2D eigenvalue weighted by atomic mass is 9.92. The molecule has 4 rings (SSSR count). The van der Waals surface area contributed by atoms with Gasteiger partial charge in [-0.2, -0.15) is 9.97 Å². The summed E-state index contributed by atoms with van der Waals surface area (Å²) in [6.07, 6.45) is 1.41. The lowest BCUT2D eigenvalue weighted by Crippen LogP contribution is -2.55. The number of aliphatic hydroxyl groups excluding tert-OH is 1. The van der Waals surface area contributed by atoms with Crippen molar-refractivity contribution >= 4 is 40.5 Å². The fraction of sp³-hybridized carbons (Fsp3) is 0.423. The molecule has 0 bridgehead atoms. The Morgan fingerprint density at radius 2 is 1.90 bits per heavy atom. The molecule has 15 heteroatoms. The highest BCUT2D eigenvalue weighted by Gasteiger charge is 2.58. The number of nitrogens with one attached hydrogen (secondary N) is 1. The van der Waals surface area contributed by atoms with Crippen molar-refractivity contribution in [2.24, 2.45) is 0 Å². The van der Waals surface area contributed by atoms with Crippen LogP contribution in [-0.4, -0.2) is 99.2 Å². The maximum Gasteiger partial charge on any atom is 0.348 e. The van der Waals surface area contributed by atoms with Crippen molar-refractivity contribution in [2.75, 3.05) is 18.5 Å². The molecule has 1 fully saturated rings. The molecule has 1 aromatic carbocycles. The van der Waals surface area contributed by atoms with E-state index >= 15 is 0 Å². The first-order valence-electron chi connectivity index (χ1n) is 12.3. The molecule has 3 aromatic rings. The van der Waals surface area contributed by atoms with Crippen LogP contribution in [0, 0.1) is 12.3 Å². The summed E-state index contributed by atoms with van der Waals surface area (Å²) in [5.41, 5.74) is -5.66. The zero-order valence-electron chi connectivity index (χ0n) is 21.9. The van der Waals surface area contributed by atoms with E-state index in [4.69, 9.17) is 27.5 Å². The largest absolute Gasteiger partial charge is 0.479 e. The van der Waals surface area contributed by atoms with Gasteiger partial charge in [-0.15, -0.1) is 6.42 Å². The van der Waals surface area contributed by atoms with Gasteiger partial charge in [0.05, 0.1) is 18.5 Å². The molecule has 14 nitrogen and oxygen atoms in total. The third kappa shape index (κ3) is 5.82. The molecular formula is C26H28ClN5O9. The highest BCUT2D eigenvalue weighted by Crippen LogP contribution is 2.39. The molecule has 0 saturated carbocycles. The average Bonchev–Trinajstić information content (AvgIpc) is 3.43. The smallest absolute Gasteiger partial charge is 0.348 e. The van der Waals surface area contributed by atoms with E-state index in [0.717, 1.165) is 0 Å². The van der Waals surface area contributed by atoms with E-state index in [1.807, 2.05) is 0 Å². The number of fused-ring (bicyclic) bond motifs is 1. The second kappa shape index (κ2) is 11.2. The number of hydrogen-bond donors (Lipinski definition) is 6. The Kier molecular flexibility index (Phi) is 8.23. The van der Waals surface area contributed by atoms with Crippen molar-refractivity contribution < 1.29 is 44.6 Å². The van der Waals surface area contributed by atoms with Crippen molar-refractivity contribution in [1.82, 2.24) is 19.5 Å². The zero-order valence-corrected chi connectivity index (χ0v) is 22.7. The molecule has 2 aromatic heterocycles. The molecule has 0 radical (unpaired) electrons. The number of carboxylic acids is 2. The van der Waals surface area contributed by atoms with E-state index in [2.05, 4.69) is 26.2 Å². The number of imidazole rings is 1. The summed E-state index contributed by atoms with van der Waals surface area (Å²) in [7, 11) is 0. The Hall–Kier alpha value is -3.84. The van der Waals surface area contributed by atoms with E-state index in [1.165, 1.54) is 23.0 Å². The van der Waals surface area contributed by atoms with Crippen LogP contribution in [-0.2, 0) is 25.5 Å². The van der Waals surface area contributed by atoms with Gasteiger partial charge >= 0.3 is 11.9 Å². The summed E-state index contributed by atoms with van der Waals surface area (Å²) < 4.78 is 12.5. The molecule has 3 heterocycles. The minimum absolute atomic E-state index is 0.0720. The van der Waals surface area contributed by atoms with Gasteiger partial charge in [0.15, 0.2) is 28.8 Å². The number of nitrogens with zero attached hydrogens (tertiary/aromatic N) is 4. The number of carbonyl (C=O) groups is 2. The molecule has 218 valence electrons. The number of anilines is 1. The topological polar surface area (TPSA) is 209 Å². The molecule has 0 unspecified atom stereocenters. The van der Waals surface area contributed by atoms with Crippen LogP contribution in [0.3, 0.4) is 0 Å². The van der Waals surface area contributed by atoms with Crippen LogP contribution in [0.4, 0.5) is 5.82 Å². The van der Waals surface area contributed by atoms with Gasteiger partial charge < -0.3 is 40.3 Å². The van der Waals surface area contributed by atoms with Gasteiger partial charge in [-0.05, 0) is 31.0 Å². The van der Waals surface area contributed by atoms with Crippen LogP contribution >= 0.6 is 11.6 Å². The minimum Gasteiger partial charge on any atom is -0.479 e.